The predicted octanol–water partition coefficient (Wildman–Crippen LogP) is 5.30. The van der Waals surface area contributed by atoms with Crippen LogP contribution < -0.4 is 10.6 Å². The van der Waals surface area contributed by atoms with Crippen LogP contribution in [0.2, 0.25) is 0 Å². The third-order valence-electron chi connectivity index (χ3n) is 6.07. The lowest BCUT2D eigenvalue weighted by Gasteiger charge is -2.35. The molecule has 2 aromatic carbocycles. The van der Waals surface area contributed by atoms with Crippen molar-refractivity contribution in [3.8, 4) is 11.3 Å². The number of carbonyl (C=O) groups excluding carboxylic acids is 3. The Balaban J connectivity index is 1.49. The molecule has 6 nitrogen and oxygen atoms in total. The Hall–Kier alpha value is -3.88. The van der Waals surface area contributed by atoms with Crippen molar-refractivity contribution in [2.24, 2.45) is 0 Å². The van der Waals surface area contributed by atoms with Crippen molar-refractivity contribution in [1.29, 1.82) is 0 Å². The smallest absolute Gasteiger partial charge is 0.416 e. The van der Waals surface area contributed by atoms with Crippen LogP contribution in [0.1, 0.15) is 47.9 Å². The van der Waals surface area contributed by atoms with Crippen LogP contribution in [0, 0.1) is 0 Å². The highest BCUT2D eigenvalue weighted by molar-refractivity contribution is 6.04. The van der Waals surface area contributed by atoms with E-state index < -0.39 is 23.1 Å². The molecule has 3 aromatic rings. The zero-order valence-corrected chi connectivity index (χ0v) is 18.2. The third-order valence-corrected chi connectivity index (χ3v) is 6.07. The average molecular weight is 470 g/mol. The molecule has 1 aliphatic heterocycles. The van der Waals surface area contributed by atoms with Gasteiger partial charge in [-0.1, -0.05) is 31.2 Å². The summed E-state index contributed by atoms with van der Waals surface area (Å²) >= 11 is 0. The summed E-state index contributed by atoms with van der Waals surface area (Å²) in [6.07, 6.45) is -3.31. The van der Waals surface area contributed by atoms with Crippen LogP contribution in [0.25, 0.3) is 11.3 Å². The number of piperidine rings is 1. The molecule has 1 aromatic heterocycles. The number of rotatable bonds is 5. The molecule has 4 rings (SSSR count). The summed E-state index contributed by atoms with van der Waals surface area (Å²) in [6.45, 7) is 1.88. The van der Waals surface area contributed by atoms with Gasteiger partial charge in [-0.05, 0) is 54.8 Å². The lowest BCUT2D eigenvalue weighted by molar-refractivity contribution is -0.139. The second-order valence-corrected chi connectivity index (χ2v) is 8.09. The number of furan rings is 1. The van der Waals surface area contributed by atoms with Crippen LogP contribution >= 0.6 is 0 Å². The molecule has 1 saturated heterocycles. The molecule has 176 valence electrons. The molecule has 0 bridgehead atoms. The summed E-state index contributed by atoms with van der Waals surface area (Å²) in [5, 5.41) is 5.06. The first kappa shape index (κ1) is 23.3. The van der Waals surface area contributed by atoms with Crippen LogP contribution in [0.3, 0.4) is 0 Å². The topological polar surface area (TPSA) is 88.4 Å². The second kappa shape index (κ2) is 8.81. The summed E-state index contributed by atoms with van der Waals surface area (Å²) in [7, 11) is 0. The summed E-state index contributed by atoms with van der Waals surface area (Å²) in [5.41, 5.74) is -0.232. The highest BCUT2D eigenvalue weighted by atomic mass is 19.4. The van der Waals surface area contributed by atoms with Gasteiger partial charge in [-0.25, -0.2) is 0 Å². The van der Waals surface area contributed by atoms with Gasteiger partial charge in [0.25, 0.3) is 5.91 Å². The lowest BCUT2D eigenvalue weighted by atomic mass is 9.72. The monoisotopic (exact) mass is 470 g/mol. The maximum absolute atomic E-state index is 13.0. The number of amides is 3. The summed E-state index contributed by atoms with van der Waals surface area (Å²) in [6, 6.07) is 14.2. The number of alkyl halides is 3. The van der Waals surface area contributed by atoms with Gasteiger partial charge < -0.3 is 9.73 Å². The fourth-order valence-corrected chi connectivity index (χ4v) is 4.10. The molecule has 2 heterocycles. The van der Waals surface area contributed by atoms with Crippen LogP contribution in [-0.4, -0.2) is 17.7 Å². The van der Waals surface area contributed by atoms with Gasteiger partial charge in [0.15, 0.2) is 5.76 Å². The van der Waals surface area contributed by atoms with Crippen molar-refractivity contribution in [2.75, 3.05) is 5.32 Å². The van der Waals surface area contributed by atoms with E-state index in [-0.39, 0.29) is 35.3 Å². The van der Waals surface area contributed by atoms with Gasteiger partial charge in [0, 0.05) is 17.7 Å². The van der Waals surface area contributed by atoms with E-state index in [9.17, 15) is 27.6 Å². The molecule has 0 saturated carbocycles. The van der Waals surface area contributed by atoms with Crippen molar-refractivity contribution in [3.63, 3.8) is 0 Å². The normalized spacial score (nSPS) is 18.5. The number of hydrogen-bond acceptors (Lipinski definition) is 4. The molecule has 9 heteroatoms. The SMILES string of the molecule is CCC1(c2ccc(NC(=O)c3ccc(-c4cccc(C(F)(F)F)c4)o3)cc2)CCC(=O)NC1=O. The Bertz CT molecular complexity index is 1250. The van der Waals surface area contributed by atoms with Gasteiger partial charge in [-0.2, -0.15) is 13.2 Å². The van der Waals surface area contributed by atoms with Crippen molar-refractivity contribution < 1.29 is 32.0 Å². The van der Waals surface area contributed by atoms with E-state index in [0.29, 0.717) is 18.5 Å². The van der Waals surface area contributed by atoms with Gasteiger partial charge in [-0.15, -0.1) is 0 Å². The first-order valence-electron chi connectivity index (χ1n) is 10.7. The fraction of sp³-hybridized carbons (Fsp3) is 0.240. The minimum absolute atomic E-state index is 0.0633. The number of hydrogen-bond donors (Lipinski definition) is 2. The van der Waals surface area contributed by atoms with Gasteiger partial charge in [-0.3, -0.25) is 19.7 Å². The predicted molar refractivity (Wildman–Crippen MR) is 118 cm³/mol. The van der Waals surface area contributed by atoms with Crippen LogP contribution in [0.4, 0.5) is 18.9 Å². The van der Waals surface area contributed by atoms with Gasteiger partial charge in [0.05, 0.1) is 11.0 Å². The zero-order chi connectivity index (χ0) is 24.5. The van der Waals surface area contributed by atoms with Crippen molar-refractivity contribution in [1.82, 2.24) is 5.32 Å². The Morgan fingerprint density at radius 1 is 1.09 bits per heavy atom. The van der Waals surface area contributed by atoms with Crippen molar-refractivity contribution in [3.05, 3.63) is 77.6 Å². The van der Waals surface area contributed by atoms with E-state index in [2.05, 4.69) is 10.6 Å². The van der Waals surface area contributed by atoms with Crippen molar-refractivity contribution >= 4 is 23.4 Å². The van der Waals surface area contributed by atoms with E-state index in [0.717, 1.165) is 17.7 Å². The molecule has 3 amide bonds. The Morgan fingerprint density at radius 3 is 2.47 bits per heavy atom. The maximum Gasteiger partial charge on any atom is 0.416 e. The highest BCUT2D eigenvalue weighted by Crippen LogP contribution is 2.36. The molecule has 1 unspecified atom stereocenters. The van der Waals surface area contributed by atoms with E-state index in [4.69, 9.17) is 4.42 Å². The van der Waals surface area contributed by atoms with Crippen molar-refractivity contribution in [2.45, 2.75) is 37.8 Å². The van der Waals surface area contributed by atoms with Gasteiger partial charge in [0.1, 0.15) is 5.76 Å². The van der Waals surface area contributed by atoms with Gasteiger partial charge in [0.2, 0.25) is 11.8 Å². The number of nitrogens with one attached hydrogen (secondary N) is 2. The Labute approximate surface area is 193 Å². The molecule has 34 heavy (non-hydrogen) atoms. The second-order valence-electron chi connectivity index (χ2n) is 8.09. The standard InChI is InChI=1S/C25H21F3N2O4/c1-2-24(13-12-21(31)30-23(24)33)16-6-8-18(9-7-16)29-22(32)20-11-10-19(34-20)15-4-3-5-17(14-15)25(26,27)28/h3-11,14H,2,12-13H2,1H3,(H,29,32)(H,30,31,33). The number of benzene rings is 2. The molecular formula is C25H21F3N2O4. The molecule has 1 aliphatic rings. The number of halogens is 3. The van der Waals surface area contributed by atoms with E-state index >= 15 is 0 Å². The minimum Gasteiger partial charge on any atom is -0.451 e. The first-order chi connectivity index (χ1) is 16.1. The molecule has 0 spiro atoms. The molecule has 2 N–H and O–H groups in total. The van der Waals surface area contributed by atoms with Crippen LogP contribution in [-0.2, 0) is 21.2 Å². The third kappa shape index (κ3) is 4.46. The Morgan fingerprint density at radius 2 is 1.82 bits per heavy atom. The van der Waals surface area contributed by atoms with E-state index in [1.807, 2.05) is 6.92 Å². The highest BCUT2D eigenvalue weighted by Gasteiger charge is 2.42. The number of anilines is 1. The maximum atomic E-state index is 13.0. The zero-order valence-electron chi connectivity index (χ0n) is 18.2. The Kier molecular flexibility index (Phi) is 6.03. The summed E-state index contributed by atoms with van der Waals surface area (Å²) < 4.78 is 44.4. The molecule has 1 atom stereocenters. The van der Waals surface area contributed by atoms with Gasteiger partial charge >= 0.3 is 6.18 Å². The fourth-order valence-electron chi connectivity index (χ4n) is 4.10. The quantitative estimate of drug-likeness (QED) is 0.495. The lowest BCUT2D eigenvalue weighted by Crippen LogP contribution is -2.51. The molecule has 0 radical (unpaired) electrons. The molecule has 1 fully saturated rings. The van der Waals surface area contributed by atoms with Crippen LogP contribution in [0.5, 0.6) is 0 Å². The number of carbonyl (C=O) groups is 3. The molecular weight excluding hydrogens is 449 g/mol. The minimum atomic E-state index is -4.49. The largest absolute Gasteiger partial charge is 0.451 e. The van der Waals surface area contributed by atoms with E-state index in [1.54, 1.807) is 24.3 Å². The molecule has 0 aliphatic carbocycles. The average Bonchev–Trinajstić information content (AvgIpc) is 3.30. The summed E-state index contributed by atoms with van der Waals surface area (Å²) in [5.74, 6) is -1.13. The van der Waals surface area contributed by atoms with Crippen LogP contribution in [0.15, 0.2) is 65.1 Å². The number of imide groups is 1. The summed E-state index contributed by atoms with van der Waals surface area (Å²) in [4.78, 5) is 36.7. The first-order valence-corrected chi connectivity index (χ1v) is 10.7. The van der Waals surface area contributed by atoms with E-state index in [1.165, 1.54) is 24.3 Å².